The van der Waals surface area contributed by atoms with Crippen LogP contribution in [0.4, 0.5) is 13.2 Å². The minimum Gasteiger partial charge on any atom is -0.377 e. The monoisotopic (exact) mass is 241 g/mol. The van der Waals surface area contributed by atoms with E-state index in [1.54, 1.807) is 0 Å². The molecule has 0 aromatic carbocycles. The molecule has 0 aliphatic carbocycles. The molecule has 0 radical (unpaired) electrons. The molecule has 0 spiro atoms. The number of rotatable bonds is 6. The van der Waals surface area contributed by atoms with Gasteiger partial charge in [-0.25, -0.2) is 0 Å². The normalized spacial score (nSPS) is 22.3. The van der Waals surface area contributed by atoms with Gasteiger partial charge in [0.25, 0.3) is 0 Å². The van der Waals surface area contributed by atoms with Crippen LogP contribution in [0.15, 0.2) is 0 Å². The number of piperidine rings is 1. The Bertz CT molecular complexity index is 181. The van der Waals surface area contributed by atoms with E-state index in [0.717, 1.165) is 25.9 Å². The van der Waals surface area contributed by atoms with Crippen LogP contribution in [0.25, 0.3) is 0 Å². The van der Waals surface area contributed by atoms with E-state index < -0.39 is 12.8 Å². The maximum atomic E-state index is 11.7. The van der Waals surface area contributed by atoms with Crippen LogP contribution in [-0.2, 0) is 9.47 Å². The summed E-state index contributed by atoms with van der Waals surface area (Å²) in [4.78, 5) is 0. The second-order valence-electron chi connectivity index (χ2n) is 3.86. The molecule has 1 aliphatic heterocycles. The van der Waals surface area contributed by atoms with E-state index in [1.165, 1.54) is 0 Å². The first-order valence-corrected chi connectivity index (χ1v) is 5.55. The molecule has 1 atom stereocenters. The fourth-order valence-electron chi connectivity index (χ4n) is 1.56. The van der Waals surface area contributed by atoms with Gasteiger partial charge in [-0.1, -0.05) is 0 Å². The van der Waals surface area contributed by atoms with Crippen molar-refractivity contribution in [2.75, 3.05) is 32.9 Å². The van der Waals surface area contributed by atoms with Crippen molar-refractivity contribution in [3.05, 3.63) is 0 Å². The van der Waals surface area contributed by atoms with Crippen LogP contribution in [-0.4, -0.2) is 45.2 Å². The van der Waals surface area contributed by atoms with Crippen LogP contribution in [0.1, 0.15) is 19.3 Å². The number of hydrogen-bond acceptors (Lipinski definition) is 3. The molecule has 0 aromatic rings. The van der Waals surface area contributed by atoms with Crippen molar-refractivity contribution in [2.45, 2.75) is 31.5 Å². The van der Waals surface area contributed by atoms with Gasteiger partial charge in [0, 0.05) is 19.8 Å². The highest BCUT2D eigenvalue weighted by Gasteiger charge is 2.27. The van der Waals surface area contributed by atoms with Gasteiger partial charge in [-0.3, -0.25) is 0 Å². The Morgan fingerprint density at radius 1 is 1.25 bits per heavy atom. The van der Waals surface area contributed by atoms with E-state index in [4.69, 9.17) is 4.74 Å². The third-order valence-corrected chi connectivity index (χ3v) is 2.30. The zero-order valence-electron chi connectivity index (χ0n) is 9.18. The molecular formula is C10H18F3NO2. The maximum absolute atomic E-state index is 11.7. The molecule has 0 bridgehead atoms. The Kier molecular flexibility index (Phi) is 6.08. The lowest BCUT2D eigenvalue weighted by molar-refractivity contribution is -0.174. The molecule has 1 aliphatic rings. The molecule has 96 valence electrons. The van der Waals surface area contributed by atoms with Crippen molar-refractivity contribution >= 4 is 0 Å². The number of alkyl halides is 3. The SMILES string of the molecule is FC(F)(F)COCCCOC1CCCNC1. The third-order valence-electron chi connectivity index (χ3n) is 2.30. The van der Waals surface area contributed by atoms with Gasteiger partial charge in [0.15, 0.2) is 0 Å². The molecule has 3 nitrogen and oxygen atoms in total. The summed E-state index contributed by atoms with van der Waals surface area (Å²) < 4.78 is 45.0. The van der Waals surface area contributed by atoms with E-state index in [-0.39, 0.29) is 12.7 Å². The van der Waals surface area contributed by atoms with Crippen LogP contribution >= 0.6 is 0 Å². The molecule has 6 heteroatoms. The zero-order valence-corrected chi connectivity index (χ0v) is 9.18. The van der Waals surface area contributed by atoms with Gasteiger partial charge in [-0.05, 0) is 25.8 Å². The number of halogens is 3. The Morgan fingerprint density at radius 2 is 2.06 bits per heavy atom. The minimum absolute atomic E-state index is 0.0969. The van der Waals surface area contributed by atoms with Crippen molar-refractivity contribution < 1.29 is 22.6 Å². The second kappa shape index (κ2) is 7.09. The highest BCUT2D eigenvalue weighted by atomic mass is 19.4. The smallest absolute Gasteiger partial charge is 0.377 e. The fourth-order valence-corrected chi connectivity index (χ4v) is 1.56. The first kappa shape index (κ1) is 13.7. The second-order valence-corrected chi connectivity index (χ2v) is 3.86. The quantitative estimate of drug-likeness (QED) is 0.718. The molecular weight excluding hydrogens is 223 g/mol. The molecule has 1 N–H and O–H groups in total. The van der Waals surface area contributed by atoms with Crippen molar-refractivity contribution in [1.29, 1.82) is 0 Å². The molecule has 0 aromatic heterocycles. The van der Waals surface area contributed by atoms with Crippen LogP contribution in [0.2, 0.25) is 0 Å². The Hall–Kier alpha value is -0.330. The first-order chi connectivity index (χ1) is 7.58. The lowest BCUT2D eigenvalue weighted by Crippen LogP contribution is -2.35. The molecule has 1 fully saturated rings. The van der Waals surface area contributed by atoms with Crippen LogP contribution in [0.5, 0.6) is 0 Å². The molecule has 0 saturated carbocycles. The fraction of sp³-hybridized carbons (Fsp3) is 1.00. The first-order valence-electron chi connectivity index (χ1n) is 5.55. The van der Waals surface area contributed by atoms with Crippen LogP contribution in [0, 0.1) is 0 Å². The van der Waals surface area contributed by atoms with Crippen LogP contribution in [0.3, 0.4) is 0 Å². The lowest BCUT2D eigenvalue weighted by Gasteiger charge is -2.23. The Balaban J connectivity index is 1.87. The lowest BCUT2D eigenvalue weighted by atomic mass is 10.1. The van der Waals surface area contributed by atoms with Gasteiger partial charge in [-0.2, -0.15) is 13.2 Å². The number of nitrogens with one attached hydrogen (secondary N) is 1. The molecule has 0 amide bonds. The summed E-state index contributed by atoms with van der Waals surface area (Å²) in [6.07, 6.45) is -1.40. The largest absolute Gasteiger partial charge is 0.411 e. The Labute approximate surface area is 93.3 Å². The van der Waals surface area contributed by atoms with E-state index >= 15 is 0 Å². The molecule has 1 rings (SSSR count). The van der Waals surface area contributed by atoms with Gasteiger partial charge in [0.1, 0.15) is 6.61 Å². The molecule has 1 unspecified atom stereocenters. The summed E-state index contributed by atoms with van der Waals surface area (Å²) in [6.45, 7) is 1.25. The summed E-state index contributed by atoms with van der Waals surface area (Å²) >= 11 is 0. The van der Waals surface area contributed by atoms with Crippen molar-refractivity contribution in [3.63, 3.8) is 0 Å². The maximum Gasteiger partial charge on any atom is 0.411 e. The van der Waals surface area contributed by atoms with Crippen LogP contribution < -0.4 is 5.32 Å². The van der Waals surface area contributed by atoms with E-state index in [1.807, 2.05) is 0 Å². The summed E-state index contributed by atoms with van der Waals surface area (Å²) in [5, 5.41) is 3.20. The zero-order chi connectivity index (χ0) is 11.9. The average molecular weight is 241 g/mol. The van der Waals surface area contributed by atoms with Gasteiger partial charge in [-0.15, -0.1) is 0 Å². The number of hydrogen-bond donors (Lipinski definition) is 1. The minimum atomic E-state index is -4.23. The highest BCUT2D eigenvalue weighted by molar-refractivity contribution is 4.68. The molecule has 16 heavy (non-hydrogen) atoms. The predicted octanol–water partition coefficient (Wildman–Crippen LogP) is 1.72. The van der Waals surface area contributed by atoms with Gasteiger partial charge < -0.3 is 14.8 Å². The van der Waals surface area contributed by atoms with E-state index in [0.29, 0.717) is 13.0 Å². The summed E-state index contributed by atoms with van der Waals surface area (Å²) in [5.41, 5.74) is 0. The van der Waals surface area contributed by atoms with Gasteiger partial charge >= 0.3 is 6.18 Å². The van der Waals surface area contributed by atoms with Gasteiger partial charge in [0.05, 0.1) is 6.10 Å². The highest BCUT2D eigenvalue weighted by Crippen LogP contribution is 2.14. The Morgan fingerprint density at radius 3 is 2.69 bits per heavy atom. The van der Waals surface area contributed by atoms with Crippen molar-refractivity contribution in [2.24, 2.45) is 0 Å². The third kappa shape index (κ3) is 7.03. The van der Waals surface area contributed by atoms with E-state index in [2.05, 4.69) is 10.1 Å². The summed E-state index contributed by atoms with van der Waals surface area (Å²) in [5.74, 6) is 0. The standard InChI is InChI=1S/C10H18F3NO2/c11-10(12,13)8-15-5-2-6-16-9-3-1-4-14-7-9/h9,14H,1-8H2. The topological polar surface area (TPSA) is 30.5 Å². The summed E-state index contributed by atoms with van der Waals surface area (Å²) in [6, 6.07) is 0. The van der Waals surface area contributed by atoms with Gasteiger partial charge in [0.2, 0.25) is 0 Å². The molecule has 1 heterocycles. The average Bonchev–Trinajstić information content (AvgIpc) is 2.23. The van der Waals surface area contributed by atoms with Crippen molar-refractivity contribution in [3.8, 4) is 0 Å². The molecule has 1 saturated heterocycles. The number of ether oxygens (including phenoxy) is 2. The van der Waals surface area contributed by atoms with Crippen molar-refractivity contribution in [1.82, 2.24) is 5.32 Å². The predicted molar refractivity (Wildman–Crippen MR) is 53.3 cm³/mol. The summed E-state index contributed by atoms with van der Waals surface area (Å²) in [7, 11) is 0. The van der Waals surface area contributed by atoms with E-state index in [9.17, 15) is 13.2 Å².